The maximum atomic E-state index is 12.0. The van der Waals surface area contributed by atoms with E-state index in [0.717, 1.165) is 6.42 Å². The molecule has 1 fully saturated rings. The summed E-state index contributed by atoms with van der Waals surface area (Å²) in [6.45, 7) is 4.66. The Kier molecular flexibility index (Phi) is 5.25. The van der Waals surface area contributed by atoms with Crippen LogP contribution in [0.25, 0.3) is 11.0 Å². The maximum absolute atomic E-state index is 12.0. The number of anilines is 1. The molecule has 4 rings (SSSR count). The Labute approximate surface area is 178 Å². The summed E-state index contributed by atoms with van der Waals surface area (Å²) in [5, 5.41) is 14.4. The number of nitrogens with zero attached hydrogens (tertiary/aromatic N) is 6. The van der Waals surface area contributed by atoms with E-state index in [0.29, 0.717) is 46.7 Å². The molecule has 1 aromatic carbocycles. The van der Waals surface area contributed by atoms with Crippen LogP contribution >= 0.6 is 0 Å². The van der Waals surface area contributed by atoms with E-state index in [-0.39, 0.29) is 17.8 Å². The molecule has 1 aliphatic rings. The number of nitrogens with two attached hydrogens (primary N) is 1. The molecule has 0 bridgehead atoms. The highest BCUT2D eigenvalue weighted by atomic mass is 16.5. The third kappa shape index (κ3) is 3.77. The van der Waals surface area contributed by atoms with Crippen LogP contribution in [-0.2, 0) is 4.79 Å². The molecule has 154 valence electrons. The van der Waals surface area contributed by atoms with Crippen molar-refractivity contribution in [2.45, 2.75) is 12.5 Å². The normalized spacial score (nSPS) is 15.2. The van der Waals surface area contributed by atoms with E-state index in [1.54, 1.807) is 27.8 Å². The van der Waals surface area contributed by atoms with Crippen LogP contribution in [0.15, 0.2) is 37.2 Å². The second kappa shape index (κ2) is 8.17. The Hall–Kier alpha value is -4.37. The molecule has 9 heteroatoms. The SMILES string of the molecule is C=CC(=O)N1CCC(n2nc(C#Cc3cc(C#N)cc(OC)c3)c3c(N)ncnc32)C1. The second-order valence-corrected chi connectivity index (χ2v) is 6.99. The van der Waals surface area contributed by atoms with E-state index in [9.17, 15) is 10.1 Å². The lowest BCUT2D eigenvalue weighted by Crippen LogP contribution is -2.27. The molecule has 1 unspecified atom stereocenters. The zero-order valence-corrected chi connectivity index (χ0v) is 16.9. The summed E-state index contributed by atoms with van der Waals surface area (Å²) in [7, 11) is 1.53. The number of hydrogen-bond donors (Lipinski definition) is 1. The molecule has 0 aliphatic carbocycles. The van der Waals surface area contributed by atoms with Gasteiger partial charge in [-0.1, -0.05) is 12.5 Å². The van der Waals surface area contributed by atoms with Crippen LogP contribution in [-0.4, -0.2) is 50.8 Å². The van der Waals surface area contributed by atoms with Crippen molar-refractivity contribution in [3.05, 3.63) is 54.0 Å². The molecule has 0 spiro atoms. The predicted molar refractivity (Wildman–Crippen MR) is 114 cm³/mol. The predicted octanol–water partition coefficient (Wildman–Crippen LogP) is 1.65. The Morgan fingerprint density at radius 2 is 2.13 bits per heavy atom. The first-order valence-electron chi connectivity index (χ1n) is 9.55. The molecule has 2 aromatic heterocycles. The number of nitriles is 1. The van der Waals surface area contributed by atoms with Gasteiger partial charge < -0.3 is 15.4 Å². The lowest BCUT2D eigenvalue weighted by atomic mass is 10.1. The number of hydrogen-bond acceptors (Lipinski definition) is 7. The number of aromatic nitrogens is 4. The van der Waals surface area contributed by atoms with Gasteiger partial charge in [0.2, 0.25) is 5.91 Å². The summed E-state index contributed by atoms with van der Waals surface area (Å²) < 4.78 is 7.00. The quantitative estimate of drug-likeness (QED) is 0.511. The lowest BCUT2D eigenvalue weighted by Gasteiger charge is -2.14. The van der Waals surface area contributed by atoms with Gasteiger partial charge in [0, 0.05) is 18.7 Å². The number of fused-ring (bicyclic) bond motifs is 1. The number of nitrogen functional groups attached to an aromatic ring is 1. The van der Waals surface area contributed by atoms with Crippen molar-refractivity contribution in [1.82, 2.24) is 24.6 Å². The Balaban J connectivity index is 1.76. The van der Waals surface area contributed by atoms with Gasteiger partial charge in [-0.25, -0.2) is 14.6 Å². The fraction of sp³-hybridized carbons (Fsp3) is 0.227. The van der Waals surface area contributed by atoms with Gasteiger partial charge in [0.1, 0.15) is 23.6 Å². The van der Waals surface area contributed by atoms with Crippen LogP contribution < -0.4 is 10.5 Å². The fourth-order valence-corrected chi connectivity index (χ4v) is 3.59. The zero-order valence-electron chi connectivity index (χ0n) is 16.9. The van der Waals surface area contributed by atoms with Crippen LogP contribution in [0.3, 0.4) is 0 Å². The molecule has 0 saturated carbocycles. The maximum Gasteiger partial charge on any atom is 0.246 e. The standard InChI is InChI=1S/C22H19N7O2/c1-3-19(30)28-7-6-16(12-28)29-22-20(21(24)25-13-26-22)18(27-29)5-4-14-8-15(11-23)10-17(9-14)31-2/h3,8-10,13,16H,1,6-7,12H2,2H3,(H2,24,25,26). The summed E-state index contributed by atoms with van der Waals surface area (Å²) in [6, 6.07) is 7.08. The van der Waals surface area contributed by atoms with Crippen LogP contribution in [0.5, 0.6) is 5.75 Å². The molecule has 1 saturated heterocycles. The van der Waals surface area contributed by atoms with Crippen molar-refractivity contribution in [2.24, 2.45) is 0 Å². The average molecular weight is 413 g/mol. The summed E-state index contributed by atoms with van der Waals surface area (Å²) in [6.07, 6.45) is 3.43. The summed E-state index contributed by atoms with van der Waals surface area (Å²) in [5.41, 5.74) is 8.17. The van der Waals surface area contributed by atoms with Crippen LogP contribution in [0.4, 0.5) is 5.82 Å². The van der Waals surface area contributed by atoms with E-state index in [4.69, 9.17) is 10.5 Å². The van der Waals surface area contributed by atoms with Crippen molar-refractivity contribution in [2.75, 3.05) is 25.9 Å². The monoisotopic (exact) mass is 413 g/mol. The molecule has 2 N–H and O–H groups in total. The molecule has 31 heavy (non-hydrogen) atoms. The molecule has 0 radical (unpaired) electrons. The van der Waals surface area contributed by atoms with Crippen molar-refractivity contribution < 1.29 is 9.53 Å². The van der Waals surface area contributed by atoms with E-state index in [2.05, 4.69) is 39.6 Å². The first kappa shape index (κ1) is 19.9. The van der Waals surface area contributed by atoms with Gasteiger partial charge >= 0.3 is 0 Å². The largest absolute Gasteiger partial charge is 0.497 e. The van der Waals surface area contributed by atoms with Crippen molar-refractivity contribution in [1.29, 1.82) is 5.26 Å². The minimum Gasteiger partial charge on any atom is -0.497 e. The van der Waals surface area contributed by atoms with Crippen LogP contribution in [0, 0.1) is 23.2 Å². The first-order chi connectivity index (χ1) is 15.0. The highest BCUT2D eigenvalue weighted by Gasteiger charge is 2.29. The van der Waals surface area contributed by atoms with Gasteiger partial charge in [-0.3, -0.25) is 4.79 Å². The van der Waals surface area contributed by atoms with Crippen LogP contribution in [0.1, 0.15) is 29.3 Å². The Morgan fingerprint density at radius 1 is 1.32 bits per heavy atom. The van der Waals surface area contributed by atoms with E-state index < -0.39 is 0 Å². The number of carbonyl (C=O) groups is 1. The average Bonchev–Trinajstić information content (AvgIpc) is 3.42. The highest BCUT2D eigenvalue weighted by molar-refractivity contribution is 5.91. The smallest absolute Gasteiger partial charge is 0.246 e. The van der Waals surface area contributed by atoms with Gasteiger partial charge in [0.25, 0.3) is 0 Å². The Bertz CT molecular complexity index is 1290. The minimum atomic E-state index is -0.112. The lowest BCUT2D eigenvalue weighted by molar-refractivity contribution is -0.125. The molecular formula is C22H19N7O2. The molecule has 3 aromatic rings. The van der Waals surface area contributed by atoms with Crippen molar-refractivity contribution in [3.8, 4) is 23.7 Å². The molecule has 9 nitrogen and oxygen atoms in total. The van der Waals surface area contributed by atoms with E-state index in [1.807, 2.05) is 0 Å². The number of amides is 1. The number of methoxy groups -OCH3 is 1. The topological polar surface area (TPSA) is 123 Å². The second-order valence-electron chi connectivity index (χ2n) is 6.99. The van der Waals surface area contributed by atoms with Crippen molar-refractivity contribution >= 4 is 22.8 Å². The molecule has 1 atom stereocenters. The van der Waals surface area contributed by atoms with Gasteiger partial charge in [0.15, 0.2) is 5.65 Å². The van der Waals surface area contributed by atoms with E-state index in [1.165, 1.54) is 19.5 Å². The first-order valence-corrected chi connectivity index (χ1v) is 9.55. The van der Waals surface area contributed by atoms with Crippen LogP contribution in [0.2, 0.25) is 0 Å². The van der Waals surface area contributed by atoms with Crippen molar-refractivity contribution in [3.63, 3.8) is 0 Å². The fourth-order valence-electron chi connectivity index (χ4n) is 3.59. The molecular weight excluding hydrogens is 394 g/mol. The summed E-state index contributed by atoms with van der Waals surface area (Å²) >= 11 is 0. The molecule has 1 amide bonds. The van der Waals surface area contributed by atoms with Gasteiger partial charge in [-0.05, 0) is 36.6 Å². The number of benzene rings is 1. The number of likely N-dealkylation sites (tertiary alicyclic amines) is 1. The minimum absolute atomic E-state index is 0.0572. The van der Waals surface area contributed by atoms with Gasteiger partial charge in [0.05, 0.1) is 30.2 Å². The molecule has 3 heterocycles. The number of rotatable bonds is 3. The van der Waals surface area contributed by atoms with Gasteiger partial charge in [-0.15, -0.1) is 0 Å². The third-order valence-electron chi connectivity index (χ3n) is 5.11. The summed E-state index contributed by atoms with van der Waals surface area (Å²) in [4.78, 5) is 22.1. The zero-order chi connectivity index (χ0) is 22.0. The molecule has 1 aliphatic heterocycles. The van der Waals surface area contributed by atoms with E-state index >= 15 is 0 Å². The third-order valence-corrected chi connectivity index (χ3v) is 5.11. The highest BCUT2D eigenvalue weighted by Crippen LogP contribution is 2.28. The number of carbonyl (C=O) groups excluding carboxylic acids is 1. The number of ether oxygens (including phenoxy) is 1. The summed E-state index contributed by atoms with van der Waals surface area (Å²) in [5.74, 6) is 6.76. The van der Waals surface area contributed by atoms with Gasteiger partial charge in [-0.2, -0.15) is 10.4 Å². The Morgan fingerprint density at radius 3 is 2.87 bits per heavy atom.